The molecule has 0 unspecified atom stereocenters. The van der Waals surface area contributed by atoms with Crippen LogP contribution in [0.5, 0.6) is 0 Å². The van der Waals surface area contributed by atoms with E-state index in [1.807, 2.05) is 0 Å². The zero-order valence-electron chi connectivity index (χ0n) is 8.18. The van der Waals surface area contributed by atoms with Gasteiger partial charge in [-0.25, -0.2) is 0 Å². The van der Waals surface area contributed by atoms with Gasteiger partial charge in [0.25, 0.3) is 0 Å². The molecule has 1 aliphatic rings. The minimum absolute atomic E-state index is 0.0282. The Balaban J connectivity index is 2.29. The van der Waals surface area contributed by atoms with E-state index in [4.69, 9.17) is 10.9 Å². The highest BCUT2D eigenvalue weighted by atomic mass is 16.4. The molecule has 0 spiro atoms. The van der Waals surface area contributed by atoms with Crippen molar-refractivity contribution in [3.8, 4) is 0 Å². The maximum Gasteiger partial charge on any atom is 0.170 e. The van der Waals surface area contributed by atoms with Gasteiger partial charge in [-0.2, -0.15) is 0 Å². The summed E-state index contributed by atoms with van der Waals surface area (Å²) >= 11 is 0. The van der Waals surface area contributed by atoms with E-state index >= 15 is 0 Å². The van der Waals surface area contributed by atoms with Gasteiger partial charge in [0.05, 0.1) is 0 Å². The van der Waals surface area contributed by atoms with E-state index in [-0.39, 0.29) is 17.5 Å². The zero-order valence-corrected chi connectivity index (χ0v) is 8.18. The first-order valence-electron chi connectivity index (χ1n) is 4.84. The molecule has 0 radical (unpaired) electrons. The number of hydrogen-bond acceptors (Lipinski definition) is 3. The van der Waals surface area contributed by atoms with Gasteiger partial charge >= 0.3 is 0 Å². The summed E-state index contributed by atoms with van der Waals surface area (Å²) in [5.41, 5.74) is 6.66. The minimum atomic E-state index is 0.0282. The predicted octanol–water partition coefficient (Wildman–Crippen LogP) is 1.37. The van der Waals surface area contributed by atoms with Gasteiger partial charge in [-0.3, -0.25) is 4.79 Å². The molecule has 0 atom stereocenters. The van der Waals surface area contributed by atoms with Gasteiger partial charge < -0.3 is 10.9 Å². The SMILES string of the molecule is N/C(=N\O)c1cccc(C(=O)C2CC2)c1. The number of amidine groups is 1. The molecule has 0 saturated heterocycles. The van der Waals surface area contributed by atoms with Crippen LogP contribution in [0.1, 0.15) is 28.8 Å². The Morgan fingerprint density at radius 3 is 2.67 bits per heavy atom. The van der Waals surface area contributed by atoms with Gasteiger partial charge in [-0.05, 0) is 18.9 Å². The number of ketones is 1. The lowest BCUT2D eigenvalue weighted by molar-refractivity contribution is 0.0967. The fourth-order valence-electron chi connectivity index (χ4n) is 1.47. The third-order valence-corrected chi connectivity index (χ3v) is 2.50. The first kappa shape index (κ1) is 9.71. The van der Waals surface area contributed by atoms with Gasteiger partial charge in [-0.1, -0.05) is 23.4 Å². The second-order valence-electron chi connectivity index (χ2n) is 3.70. The topological polar surface area (TPSA) is 75.7 Å². The molecule has 2 rings (SSSR count). The number of oxime groups is 1. The Labute approximate surface area is 87.4 Å². The molecule has 1 aromatic carbocycles. The monoisotopic (exact) mass is 204 g/mol. The average Bonchev–Trinajstić information content (AvgIpc) is 3.11. The summed E-state index contributed by atoms with van der Waals surface area (Å²) in [4.78, 5) is 11.7. The number of carbonyl (C=O) groups excluding carboxylic acids is 1. The summed E-state index contributed by atoms with van der Waals surface area (Å²) in [5, 5.41) is 11.4. The van der Waals surface area contributed by atoms with Crippen molar-refractivity contribution >= 4 is 11.6 Å². The smallest absolute Gasteiger partial charge is 0.170 e. The van der Waals surface area contributed by atoms with Crippen LogP contribution in [0, 0.1) is 5.92 Å². The molecule has 0 heterocycles. The molecule has 4 heteroatoms. The fourth-order valence-corrected chi connectivity index (χ4v) is 1.47. The molecular formula is C11H12N2O2. The van der Waals surface area contributed by atoms with Crippen molar-refractivity contribution in [1.29, 1.82) is 0 Å². The largest absolute Gasteiger partial charge is 0.409 e. The molecule has 3 N–H and O–H groups in total. The summed E-state index contributed by atoms with van der Waals surface area (Å²) in [5.74, 6) is 0.371. The number of benzene rings is 1. The molecule has 0 aliphatic heterocycles. The number of rotatable bonds is 3. The highest BCUT2D eigenvalue weighted by Crippen LogP contribution is 2.32. The zero-order chi connectivity index (χ0) is 10.8. The summed E-state index contributed by atoms with van der Waals surface area (Å²) in [6, 6.07) is 6.87. The lowest BCUT2D eigenvalue weighted by atomic mass is 10.0. The molecule has 1 fully saturated rings. The molecule has 0 amide bonds. The quantitative estimate of drug-likeness (QED) is 0.257. The van der Waals surface area contributed by atoms with Crippen LogP contribution in [0.25, 0.3) is 0 Å². The van der Waals surface area contributed by atoms with Gasteiger partial charge in [0.15, 0.2) is 11.6 Å². The van der Waals surface area contributed by atoms with Crippen LogP contribution in [0.2, 0.25) is 0 Å². The predicted molar refractivity (Wildman–Crippen MR) is 56.0 cm³/mol. The minimum Gasteiger partial charge on any atom is -0.409 e. The van der Waals surface area contributed by atoms with Gasteiger partial charge in [0.1, 0.15) is 0 Å². The number of carbonyl (C=O) groups is 1. The lowest BCUT2D eigenvalue weighted by Gasteiger charge is -2.02. The first-order valence-corrected chi connectivity index (χ1v) is 4.84. The number of nitrogens with two attached hydrogens (primary N) is 1. The van der Waals surface area contributed by atoms with Crippen molar-refractivity contribution < 1.29 is 10.0 Å². The van der Waals surface area contributed by atoms with Crippen LogP contribution < -0.4 is 5.73 Å². The number of nitrogens with zero attached hydrogens (tertiary/aromatic N) is 1. The van der Waals surface area contributed by atoms with Crippen LogP contribution in [-0.2, 0) is 0 Å². The molecule has 1 saturated carbocycles. The normalized spacial score (nSPS) is 16.4. The fraction of sp³-hybridized carbons (Fsp3) is 0.273. The van der Waals surface area contributed by atoms with Crippen LogP contribution in [0.3, 0.4) is 0 Å². The molecular weight excluding hydrogens is 192 g/mol. The molecule has 1 aliphatic carbocycles. The standard InChI is InChI=1S/C11H12N2O2/c12-11(13-15)9-3-1-2-8(6-9)10(14)7-4-5-7/h1-3,6-7,15H,4-5H2,(H2,12,13). The van der Waals surface area contributed by atoms with Crippen molar-refractivity contribution in [2.24, 2.45) is 16.8 Å². The maximum atomic E-state index is 11.7. The number of Topliss-reactive ketones (excluding diaryl/α,β-unsaturated/α-hetero) is 1. The molecule has 78 valence electrons. The summed E-state index contributed by atoms with van der Waals surface area (Å²) < 4.78 is 0. The Morgan fingerprint density at radius 2 is 2.07 bits per heavy atom. The first-order chi connectivity index (χ1) is 7.22. The van der Waals surface area contributed by atoms with E-state index in [0.29, 0.717) is 11.1 Å². The van der Waals surface area contributed by atoms with E-state index < -0.39 is 0 Å². The van der Waals surface area contributed by atoms with E-state index in [1.54, 1.807) is 24.3 Å². The van der Waals surface area contributed by atoms with E-state index in [0.717, 1.165) is 12.8 Å². The average molecular weight is 204 g/mol. The van der Waals surface area contributed by atoms with E-state index in [9.17, 15) is 4.79 Å². The summed E-state index contributed by atoms with van der Waals surface area (Å²) in [6.45, 7) is 0. The van der Waals surface area contributed by atoms with E-state index in [2.05, 4.69) is 5.16 Å². The van der Waals surface area contributed by atoms with Crippen molar-refractivity contribution in [3.63, 3.8) is 0 Å². The van der Waals surface area contributed by atoms with Gasteiger partial charge in [-0.15, -0.1) is 0 Å². The van der Waals surface area contributed by atoms with Crippen LogP contribution >= 0.6 is 0 Å². The Hall–Kier alpha value is -1.84. The van der Waals surface area contributed by atoms with Gasteiger partial charge in [0.2, 0.25) is 0 Å². The van der Waals surface area contributed by atoms with E-state index in [1.165, 1.54) is 0 Å². The molecule has 15 heavy (non-hydrogen) atoms. The molecule has 4 nitrogen and oxygen atoms in total. The number of hydrogen-bond donors (Lipinski definition) is 2. The molecule has 0 bridgehead atoms. The van der Waals surface area contributed by atoms with Crippen molar-refractivity contribution in [3.05, 3.63) is 35.4 Å². The van der Waals surface area contributed by atoms with Crippen LogP contribution in [0.4, 0.5) is 0 Å². The highest BCUT2D eigenvalue weighted by Gasteiger charge is 2.30. The third kappa shape index (κ3) is 1.98. The van der Waals surface area contributed by atoms with Crippen LogP contribution in [-0.4, -0.2) is 16.8 Å². The summed E-state index contributed by atoms with van der Waals surface area (Å²) in [6.07, 6.45) is 1.96. The third-order valence-electron chi connectivity index (χ3n) is 2.50. The van der Waals surface area contributed by atoms with Crippen molar-refractivity contribution in [2.75, 3.05) is 0 Å². The Kier molecular flexibility index (Phi) is 2.41. The van der Waals surface area contributed by atoms with Crippen molar-refractivity contribution in [1.82, 2.24) is 0 Å². The molecule has 1 aromatic rings. The summed E-state index contributed by atoms with van der Waals surface area (Å²) in [7, 11) is 0. The van der Waals surface area contributed by atoms with Crippen molar-refractivity contribution in [2.45, 2.75) is 12.8 Å². The molecule has 0 aromatic heterocycles. The van der Waals surface area contributed by atoms with Crippen LogP contribution in [0.15, 0.2) is 29.4 Å². The lowest BCUT2D eigenvalue weighted by Crippen LogP contribution is -2.14. The Morgan fingerprint density at radius 1 is 1.40 bits per heavy atom. The highest BCUT2D eigenvalue weighted by molar-refractivity contribution is 6.03. The van der Waals surface area contributed by atoms with Gasteiger partial charge in [0, 0.05) is 17.0 Å². The maximum absolute atomic E-state index is 11.7. The second kappa shape index (κ2) is 3.73. The second-order valence-corrected chi connectivity index (χ2v) is 3.70. The Bertz CT molecular complexity index is 422.